The highest BCUT2D eigenvalue weighted by Gasteiger charge is 2.44. The second-order valence-electron chi connectivity index (χ2n) is 7.31. The number of hydrogen-bond donors (Lipinski definition) is 1. The van der Waals surface area contributed by atoms with Crippen LogP contribution in [0.5, 0.6) is 0 Å². The summed E-state index contributed by atoms with van der Waals surface area (Å²) in [5, 5.41) is 3.14. The molecular formula is C20H19ClFN3O3S2. The molecule has 30 heavy (non-hydrogen) atoms. The number of carbonyl (C=O) groups excluding carboxylic acids is 1. The van der Waals surface area contributed by atoms with E-state index in [-0.39, 0.29) is 40.3 Å². The Morgan fingerprint density at radius 3 is 2.80 bits per heavy atom. The molecule has 2 aliphatic heterocycles. The van der Waals surface area contributed by atoms with Crippen molar-refractivity contribution in [2.45, 2.75) is 18.2 Å². The van der Waals surface area contributed by atoms with Crippen LogP contribution in [0.25, 0.3) is 0 Å². The van der Waals surface area contributed by atoms with E-state index in [2.05, 4.69) is 10.3 Å². The minimum absolute atomic E-state index is 0.0313. The van der Waals surface area contributed by atoms with E-state index < -0.39 is 15.7 Å². The fourth-order valence-corrected chi connectivity index (χ4v) is 7.41. The van der Waals surface area contributed by atoms with Crippen molar-refractivity contribution < 1.29 is 17.6 Å². The molecule has 1 N–H and O–H groups in total. The van der Waals surface area contributed by atoms with E-state index in [0.717, 1.165) is 11.3 Å². The van der Waals surface area contributed by atoms with E-state index in [9.17, 15) is 17.6 Å². The molecule has 1 fully saturated rings. The van der Waals surface area contributed by atoms with Crippen LogP contribution in [0.15, 0.2) is 47.5 Å². The number of hydrogen-bond acceptors (Lipinski definition) is 6. The number of carbonyl (C=O) groups is 1. The Kier molecular flexibility index (Phi) is 5.78. The summed E-state index contributed by atoms with van der Waals surface area (Å²) < 4.78 is 37.1. The molecule has 2 atom stereocenters. The number of benzene rings is 2. The Morgan fingerprint density at radius 1 is 1.30 bits per heavy atom. The smallest absolute Gasteiger partial charge is 0.244 e. The molecule has 0 radical (unpaired) electrons. The van der Waals surface area contributed by atoms with Crippen LogP contribution >= 0.6 is 23.4 Å². The summed E-state index contributed by atoms with van der Waals surface area (Å²) in [4.78, 5) is 19.1. The van der Waals surface area contributed by atoms with Gasteiger partial charge in [0.1, 0.15) is 12.4 Å². The van der Waals surface area contributed by atoms with Gasteiger partial charge in [-0.15, -0.1) is 0 Å². The second-order valence-corrected chi connectivity index (χ2v) is 11.1. The topological polar surface area (TPSA) is 78.8 Å². The molecule has 2 aliphatic rings. The summed E-state index contributed by atoms with van der Waals surface area (Å²) >= 11 is 7.18. The first-order valence-electron chi connectivity index (χ1n) is 9.24. The van der Waals surface area contributed by atoms with Crippen LogP contribution in [0.1, 0.15) is 5.56 Å². The number of thioether (sulfide) groups is 1. The number of rotatable bonds is 4. The Bertz CT molecular complexity index is 1140. The van der Waals surface area contributed by atoms with Gasteiger partial charge in [0.25, 0.3) is 0 Å². The number of anilines is 2. The molecule has 4 rings (SSSR count). The summed E-state index contributed by atoms with van der Waals surface area (Å²) in [6.45, 7) is 1.92. The summed E-state index contributed by atoms with van der Waals surface area (Å²) in [5.41, 5.74) is 2.20. The predicted octanol–water partition coefficient (Wildman–Crippen LogP) is 3.50. The third-order valence-corrected chi connectivity index (χ3v) is 8.39. The Labute approximate surface area is 183 Å². The fourth-order valence-electron chi connectivity index (χ4n) is 3.45. The highest BCUT2D eigenvalue weighted by molar-refractivity contribution is 8.15. The van der Waals surface area contributed by atoms with Gasteiger partial charge in [0.2, 0.25) is 5.91 Å². The Balaban J connectivity index is 1.57. The summed E-state index contributed by atoms with van der Waals surface area (Å²) in [7, 11) is -3.07. The minimum atomic E-state index is -3.07. The fraction of sp³-hybridized carbons (Fsp3) is 0.300. The highest BCUT2D eigenvalue weighted by atomic mass is 35.5. The first-order valence-corrected chi connectivity index (χ1v) is 12.3. The maximum absolute atomic E-state index is 13.4. The molecule has 10 heteroatoms. The van der Waals surface area contributed by atoms with Crippen LogP contribution in [-0.2, 0) is 14.6 Å². The molecule has 158 valence electrons. The number of nitrogens with one attached hydrogen (secondary N) is 1. The number of amidine groups is 1. The van der Waals surface area contributed by atoms with Crippen molar-refractivity contribution in [1.82, 2.24) is 0 Å². The molecule has 0 spiro atoms. The van der Waals surface area contributed by atoms with Gasteiger partial charge < -0.3 is 10.2 Å². The number of fused-ring (bicyclic) bond motifs is 1. The van der Waals surface area contributed by atoms with Crippen LogP contribution in [0.2, 0.25) is 5.02 Å². The normalized spacial score (nSPS) is 21.8. The third kappa shape index (κ3) is 4.63. The number of aliphatic imine (C=N–C) groups is 1. The quantitative estimate of drug-likeness (QED) is 0.744. The molecule has 0 bridgehead atoms. The molecule has 1 amide bonds. The SMILES string of the molecule is Cc1cccc(N(CC(=O)Nc2ccc(F)c(Cl)c2)C2=N[C@@H]3CS(=O)(=O)C[C@H]3S2)c1. The van der Waals surface area contributed by atoms with Crippen molar-refractivity contribution in [3.05, 3.63) is 58.9 Å². The van der Waals surface area contributed by atoms with Crippen LogP contribution in [0.3, 0.4) is 0 Å². The zero-order chi connectivity index (χ0) is 21.5. The number of aryl methyl sites for hydroxylation is 1. The van der Waals surface area contributed by atoms with Gasteiger partial charge >= 0.3 is 0 Å². The zero-order valence-electron chi connectivity index (χ0n) is 16.0. The number of nitrogens with zero attached hydrogens (tertiary/aromatic N) is 2. The summed E-state index contributed by atoms with van der Waals surface area (Å²) in [5.74, 6) is -0.755. The third-order valence-electron chi connectivity index (χ3n) is 4.85. The largest absolute Gasteiger partial charge is 0.324 e. The van der Waals surface area contributed by atoms with E-state index in [4.69, 9.17) is 11.6 Å². The van der Waals surface area contributed by atoms with Crippen molar-refractivity contribution in [3.8, 4) is 0 Å². The highest BCUT2D eigenvalue weighted by Crippen LogP contribution is 2.37. The zero-order valence-corrected chi connectivity index (χ0v) is 18.4. The Morgan fingerprint density at radius 2 is 2.10 bits per heavy atom. The van der Waals surface area contributed by atoms with E-state index >= 15 is 0 Å². The molecular weight excluding hydrogens is 449 g/mol. The minimum Gasteiger partial charge on any atom is -0.324 e. The van der Waals surface area contributed by atoms with Crippen LogP contribution in [-0.4, -0.2) is 48.8 Å². The molecule has 1 saturated heterocycles. The lowest BCUT2D eigenvalue weighted by atomic mass is 10.2. The maximum atomic E-state index is 13.4. The maximum Gasteiger partial charge on any atom is 0.244 e. The van der Waals surface area contributed by atoms with Gasteiger partial charge in [0.15, 0.2) is 15.0 Å². The van der Waals surface area contributed by atoms with Crippen LogP contribution in [0.4, 0.5) is 15.8 Å². The standard InChI is InChI=1S/C20H19ClFN3O3S2/c1-12-3-2-4-14(7-12)25(20-24-17-10-30(27,28)11-18(17)29-20)9-19(26)23-13-5-6-16(22)15(21)8-13/h2-8,17-18H,9-11H2,1H3,(H,23,26)/t17-,18-/m1/s1. The van der Waals surface area contributed by atoms with Gasteiger partial charge in [-0.3, -0.25) is 9.79 Å². The van der Waals surface area contributed by atoms with Crippen molar-refractivity contribution in [2.24, 2.45) is 4.99 Å². The molecule has 0 aliphatic carbocycles. The van der Waals surface area contributed by atoms with Gasteiger partial charge in [-0.2, -0.15) is 0 Å². The molecule has 2 heterocycles. The molecule has 0 aromatic heterocycles. The predicted molar refractivity (Wildman–Crippen MR) is 120 cm³/mol. The number of halogens is 2. The number of amides is 1. The van der Waals surface area contributed by atoms with Gasteiger partial charge in [-0.25, -0.2) is 12.8 Å². The summed E-state index contributed by atoms with van der Waals surface area (Å²) in [6, 6.07) is 11.3. The first-order chi connectivity index (χ1) is 14.2. The molecule has 0 unspecified atom stereocenters. The van der Waals surface area contributed by atoms with Crippen LogP contribution < -0.4 is 10.2 Å². The first kappa shape index (κ1) is 21.1. The lowest BCUT2D eigenvalue weighted by molar-refractivity contribution is -0.114. The second kappa shape index (κ2) is 8.20. The lowest BCUT2D eigenvalue weighted by Crippen LogP contribution is -2.36. The average molecular weight is 468 g/mol. The molecule has 2 aromatic rings. The molecule has 2 aromatic carbocycles. The van der Waals surface area contributed by atoms with E-state index in [0.29, 0.717) is 10.9 Å². The summed E-state index contributed by atoms with van der Waals surface area (Å²) in [6.07, 6.45) is 0. The van der Waals surface area contributed by atoms with Gasteiger partial charge in [0, 0.05) is 16.6 Å². The van der Waals surface area contributed by atoms with Gasteiger partial charge in [-0.05, 0) is 42.8 Å². The van der Waals surface area contributed by atoms with Gasteiger partial charge in [0.05, 0.1) is 22.6 Å². The van der Waals surface area contributed by atoms with E-state index in [1.807, 2.05) is 31.2 Å². The monoisotopic (exact) mass is 467 g/mol. The Hall–Kier alpha value is -2.10. The van der Waals surface area contributed by atoms with Crippen molar-refractivity contribution in [2.75, 3.05) is 28.3 Å². The van der Waals surface area contributed by atoms with Gasteiger partial charge in [-0.1, -0.05) is 35.5 Å². The van der Waals surface area contributed by atoms with Crippen molar-refractivity contribution in [3.63, 3.8) is 0 Å². The molecule has 0 saturated carbocycles. The lowest BCUT2D eigenvalue weighted by Gasteiger charge is -2.24. The van der Waals surface area contributed by atoms with E-state index in [1.54, 1.807) is 4.90 Å². The average Bonchev–Trinajstić information content (AvgIpc) is 3.16. The number of sulfone groups is 1. The van der Waals surface area contributed by atoms with E-state index in [1.165, 1.54) is 30.0 Å². The molecule has 6 nitrogen and oxygen atoms in total. The van der Waals surface area contributed by atoms with Crippen LogP contribution in [0, 0.1) is 12.7 Å². The van der Waals surface area contributed by atoms with Crippen molar-refractivity contribution >= 4 is 55.6 Å². The van der Waals surface area contributed by atoms with Crippen molar-refractivity contribution in [1.29, 1.82) is 0 Å².